The molecule has 14 heavy (non-hydrogen) atoms. The highest BCUT2D eigenvalue weighted by molar-refractivity contribution is 5.03. The van der Waals surface area contributed by atoms with Crippen LogP contribution in [0.4, 0.5) is 0 Å². The Balaban J connectivity index is 1.92. The fraction of sp³-hybridized carbons (Fsp3) is 0.600. The van der Waals surface area contributed by atoms with Gasteiger partial charge in [0.25, 0.3) is 0 Å². The van der Waals surface area contributed by atoms with Crippen molar-refractivity contribution in [3.05, 3.63) is 24.3 Å². The first-order chi connectivity index (χ1) is 6.86. The Morgan fingerprint density at radius 1 is 1.64 bits per heavy atom. The van der Waals surface area contributed by atoms with Gasteiger partial charge in [0.2, 0.25) is 0 Å². The lowest BCUT2D eigenvalue weighted by atomic mass is 10.2. The number of aromatic nitrogens is 2. The van der Waals surface area contributed by atoms with Crippen LogP contribution in [0.25, 0.3) is 0 Å². The summed E-state index contributed by atoms with van der Waals surface area (Å²) in [4.78, 5) is 8.10. The second-order valence-corrected chi connectivity index (χ2v) is 3.58. The number of rotatable bonds is 3. The quantitative estimate of drug-likeness (QED) is 0.775. The van der Waals surface area contributed by atoms with E-state index in [0.717, 1.165) is 25.3 Å². The lowest BCUT2D eigenvalue weighted by Crippen LogP contribution is -2.32. The van der Waals surface area contributed by atoms with Crippen LogP contribution >= 0.6 is 0 Å². The molecule has 2 rings (SSSR count). The van der Waals surface area contributed by atoms with Crippen LogP contribution in [-0.4, -0.2) is 29.2 Å². The first-order valence-corrected chi connectivity index (χ1v) is 4.96. The van der Waals surface area contributed by atoms with Gasteiger partial charge in [-0.3, -0.25) is 0 Å². The number of ether oxygens (including phenoxy) is 1. The highest BCUT2D eigenvalue weighted by Gasteiger charge is 2.18. The number of nitrogens with zero attached hydrogens (tertiary/aromatic N) is 2. The van der Waals surface area contributed by atoms with E-state index in [0.29, 0.717) is 6.04 Å². The van der Waals surface area contributed by atoms with Crippen LogP contribution in [0.2, 0.25) is 0 Å². The van der Waals surface area contributed by atoms with Crippen LogP contribution in [0.15, 0.2) is 18.6 Å². The molecule has 0 radical (unpaired) electrons. The van der Waals surface area contributed by atoms with Crippen molar-refractivity contribution in [1.29, 1.82) is 0 Å². The molecule has 0 bridgehead atoms. The third-order valence-electron chi connectivity index (χ3n) is 2.46. The van der Waals surface area contributed by atoms with Gasteiger partial charge in [-0.1, -0.05) is 0 Å². The summed E-state index contributed by atoms with van der Waals surface area (Å²) in [5, 5.41) is 3.48. The van der Waals surface area contributed by atoms with Gasteiger partial charge in [-0.2, -0.15) is 0 Å². The minimum Gasteiger partial charge on any atom is -0.380 e. The number of hydrogen-bond acceptors (Lipinski definition) is 4. The van der Waals surface area contributed by atoms with E-state index in [1.165, 1.54) is 0 Å². The summed E-state index contributed by atoms with van der Waals surface area (Å²) in [6.07, 6.45) is 4.44. The Kier molecular flexibility index (Phi) is 3.06. The van der Waals surface area contributed by atoms with Crippen molar-refractivity contribution >= 4 is 0 Å². The molecule has 2 heterocycles. The predicted molar refractivity (Wildman–Crippen MR) is 52.8 cm³/mol. The molecule has 2 atom stereocenters. The minimum atomic E-state index is 0.268. The van der Waals surface area contributed by atoms with Gasteiger partial charge < -0.3 is 10.1 Å². The van der Waals surface area contributed by atoms with Crippen LogP contribution in [0.5, 0.6) is 0 Å². The lowest BCUT2D eigenvalue weighted by molar-refractivity contribution is 0.188. The van der Waals surface area contributed by atoms with Crippen molar-refractivity contribution in [2.75, 3.05) is 13.2 Å². The monoisotopic (exact) mass is 193 g/mol. The zero-order valence-electron chi connectivity index (χ0n) is 8.31. The van der Waals surface area contributed by atoms with Gasteiger partial charge in [-0.25, -0.2) is 9.97 Å². The van der Waals surface area contributed by atoms with E-state index in [9.17, 15) is 0 Å². The van der Waals surface area contributed by atoms with E-state index < -0.39 is 0 Å². The van der Waals surface area contributed by atoms with Gasteiger partial charge in [0.05, 0.1) is 12.3 Å². The summed E-state index contributed by atoms with van der Waals surface area (Å²) in [7, 11) is 0. The van der Waals surface area contributed by atoms with Crippen LogP contribution in [-0.2, 0) is 4.74 Å². The van der Waals surface area contributed by atoms with Gasteiger partial charge in [0.1, 0.15) is 6.33 Å². The molecule has 1 saturated heterocycles. The van der Waals surface area contributed by atoms with E-state index in [2.05, 4.69) is 22.2 Å². The van der Waals surface area contributed by atoms with Crippen molar-refractivity contribution < 1.29 is 4.74 Å². The fourth-order valence-corrected chi connectivity index (χ4v) is 1.66. The molecule has 1 aliphatic heterocycles. The zero-order valence-corrected chi connectivity index (χ0v) is 8.31. The van der Waals surface area contributed by atoms with Gasteiger partial charge in [-0.15, -0.1) is 0 Å². The van der Waals surface area contributed by atoms with Crippen LogP contribution < -0.4 is 5.32 Å². The van der Waals surface area contributed by atoms with Gasteiger partial charge in [0, 0.05) is 24.9 Å². The molecular formula is C10H15N3O. The highest BCUT2D eigenvalue weighted by Crippen LogP contribution is 2.12. The maximum Gasteiger partial charge on any atom is 0.115 e. The van der Waals surface area contributed by atoms with Crippen LogP contribution in [0, 0.1) is 0 Å². The van der Waals surface area contributed by atoms with Crippen molar-refractivity contribution in [3.63, 3.8) is 0 Å². The van der Waals surface area contributed by atoms with Crippen molar-refractivity contribution in [3.8, 4) is 0 Å². The van der Waals surface area contributed by atoms with E-state index >= 15 is 0 Å². The Morgan fingerprint density at radius 2 is 2.57 bits per heavy atom. The van der Waals surface area contributed by atoms with Gasteiger partial charge in [-0.05, 0) is 19.4 Å². The molecule has 0 aromatic carbocycles. The largest absolute Gasteiger partial charge is 0.380 e. The molecule has 2 unspecified atom stereocenters. The Hall–Kier alpha value is -1.00. The molecule has 0 saturated carbocycles. The second kappa shape index (κ2) is 4.48. The average molecular weight is 193 g/mol. The molecular weight excluding hydrogens is 178 g/mol. The fourth-order valence-electron chi connectivity index (χ4n) is 1.66. The van der Waals surface area contributed by atoms with E-state index in [4.69, 9.17) is 4.74 Å². The standard InChI is InChI=1S/C10H15N3O/c1-8(10-2-4-11-7-12-10)13-9-3-5-14-6-9/h2,4,7-9,13H,3,5-6H2,1H3. The summed E-state index contributed by atoms with van der Waals surface area (Å²) in [5.74, 6) is 0. The normalized spacial score (nSPS) is 23.6. The molecule has 0 amide bonds. The summed E-state index contributed by atoms with van der Waals surface area (Å²) in [5.41, 5.74) is 1.03. The topological polar surface area (TPSA) is 47.0 Å². The van der Waals surface area contributed by atoms with Crippen molar-refractivity contribution in [1.82, 2.24) is 15.3 Å². The third kappa shape index (κ3) is 2.27. The molecule has 1 aliphatic rings. The second-order valence-electron chi connectivity index (χ2n) is 3.58. The zero-order chi connectivity index (χ0) is 9.80. The first kappa shape index (κ1) is 9.55. The van der Waals surface area contributed by atoms with Crippen LogP contribution in [0.3, 0.4) is 0 Å². The van der Waals surface area contributed by atoms with Gasteiger partial charge >= 0.3 is 0 Å². The molecule has 0 spiro atoms. The first-order valence-electron chi connectivity index (χ1n) is 4.96. The molecule has 76 valence electrons. The summed E-state index contributed by atoms with van der Waals surface area (Å²) >= 11 is 0. The number of nitrogens with one attached hydrogen (secondary N) is 1. The molecule has 1 aromatic heterocycles. The van der Waals surface area contributed by atoms with E-state index in [1.54, 1.807) is 12.5 Å². The number of hydrogen-bond donors (Lipinski definition) is 1. The SMILES string of the molecule is CC(NC1CCOC1)c1ccncn1. The van der Waals surface area contributed by atoms with Crippen molar-refractivity contribution in [2.45, 2.75) is 25.4 Å². The maximum absolute atomic E-state index is 5.30. The van der Waals surface area contributed by atoms with E-state index in [1.807, 2.05) is 6.07 Å². The molecule has 4 nitrogen and oxygen atoms in total. The molecule has 1 fully saturated rings. The van der Waals surface area contributed by atoms with Crippen molar-refractivity contribution in [2.24, 2.45) is 0 Å². The van der Waals surface area contributed by atoms with Gasteiger partial charge in [0.15, 0.2) is 0 Å². The molecule has 4 heteroatoms. The summed E-state index contributed by atoms with van der Waals surface area (Å²) in [6.45, 7) is 3.80. The Morgan fingerprint density at radius 3 is 3.21 bits per heavy atom. The lowest BCUT2D eigenvalue weighted by Gasteiger charge is -2.17. The third-order valence-corrected chi connectivity index (χ3v) is 2.46. The summed E-state index contributed by atoms with van der Waals surface area (Å²) < 4.78 is 5.30. The molecule has 1 N–H and O–H groups in total. The average Bonchev–Trinajstić information content (AvgIpc) is 2.72. The highest BCUT2D eigenvalue weighted by atomic mass is 16.5. The van der Waals surface area contributed by atoms with Crippen LogP contribution in [0.1, 0.15) is 25.1 Å². The maximum atomic E-state index is 5.30. The Labute approximate surface area is 83.7 Å². The smallest absolute Gasteiger partial charge is 0.115 e. The molecule has 1 aromatic rings. The minimum absolute atomic E-state index is 0.268. The summed E-state index contributed by atoms with van der Waals surface area (Å²) in [6, 6.07) is 2.68. The Bertz CT molecular complexity index is 272. The molecule has 0 aliphatic carbocycles. The predicted octanol–water partition coefficient (Wildman–Crippen LogP) is 0.916. The van der Waals surface area contributed by atoms with E-state index in [-0.39, 0.29) is 6.04 Å².